The molecule has 2 amide bonds. The fraction of sp³-hybridized carbons (Fsp3) is 0.429. The first-order valence-corrected chi connectivity index (χ1v) is 9.75. The minimum absolute atomic E-state index is 0.124. The predicted octanol–water partition coefficient (Wildman–Crippen LogP) is 2.07. The second kappa shape index (κ2) is 8.06. The molecule has 1 aromatic heterocycles. The summed E-state index contributed by atoms with van der Waals surface area (Å²) >= 11 is 0. The van der Waals surface area contributed by atoms with Crippen molar-refractivity contribution in [3.8, 4) is 5.75 Å². The standard InChI is InChI=1S/C21H27N5O2/c1-15-5-6-19-17(12-15)18(14-28-19)24-21(27)23-13-16-4-3-7-22-20(16)26-10-8-25(2)9-11-26/h3-7,12,18H,8-11,13-14H2,1-2H3,(H2,23,24,27). The number of hydrogen-bond acceptors (Lipinski definition) is 5. The van der Waals surface area contributed by atoms with Crippen molar-refractivity contribution in [3.05, 3.63) is 53.2 Å². The van der Waals surface area contributed by atoms with Gasteiger partial charge in [0.1, 0.15) is 18.2 Å². The Morgan fingerprint density at radius 1 is 1.25 bits per heavy atom. The molecule has 0 radical (unpaired) electrons. The van der Waals surface area contributed by atoms with E-state index in [2.05, 4.69) is 38.5 Å². The van der Waals surface area contributed by atoms with E-state index in [4.69, 9.17) is 4.74 Å². The first-order valence-electron chi connectivity index (χ1n) is 9.75. The fourth-order valence-electron chi connectivity index (χ4n) is 3.71. The van der Waals surface area contributed by atoms with Crippen LogP contribution in [0, 0.1) is 6.92 Å². The first kappa shape index (κ1) is 18.6. The van der Waals surface area contributed by atoms with Crippen LogP contribution in [0.25, 0.3) is 0 Å². The van der Waals surface area contributed by atoms with E-state index in [1.54, 1.807) is 0 Å². The lowest BCUT2D eigenvalue weighted by molar-refractivity contribution is 0.231. The van der Waals surface area contributed by atoms with Crippen LogP contribution < -0.4 is 20.3 Å². The third-order valence-corrected chi connectivity index (χ3v) is 5.36. The van der Waals surface area contributed by atoms with Crippen molar-refractivity contribution in [1.82, 2.24) is 20.5 Å². The second-order valence-corrected chi connectivity index (χ2v) is 7.51. The molecular formula is C21H27N5O2. The van der Waals surface area contributed by atoms with Gasteiger partial charge >= 0.3 is 6.03 Å². The Labute approximate surface area is 165 Å². The number of carbonyl (C=O) groups excluding carboxylic acids is 1. The Morgan fingerprint density at radius 2 is 2.07 bits per heavy atom. The van der Waals surface area contributed by atoms with Gasteiger partial charge in [-0.05, 0) is 26.1 Å². The number of aryl methyl sites for hydroxylation is 1. The number of carbonyl (C=O) groups is 1. The molecule has 0 aliphatic carbocycles. The lowest BCUT2D eigenvalue weighted by atomic mass is 10.1. The van der Waals surface area contributed by atoms with Crippen molar-refractivity contribution in [3.63, 3.8) is 0 Å². The van der Waals surface area contributed by atoms with E-state index in [-0.39, 0.29) is 12.1 Å². The highest BCUT2D eigenvalue weighted by Gasteiger charge is 2.25. The van der Waals surface area contributed by atoms with E-state index in [1.807, 2.05) is 37.4 Å². The zero-order valence-corrected chi connectivity index (χ0v) is 16.4. The molecular weight excluding hydrogens is 354 g/mol. The number of urea groups is 1. The molecule has 2 aliphatic rings. The van der Waals surface area contributed by atoms with Gasteiger partial charge in [0.05, 0.1) is 6.04 Å². The third kappa shape index (κ3) is 4.04. The van der Waals surface area contributed by atoms with E-state index in [0.717, 1.165) is 54.4 Å². The molecule has 0 saturated carbocycles. The molecule has 1 aromatic carbocycles. The number of aromatic nitrogens is 1. The highest BCUT2D eigenvalue weighted by Crippen LogP contribution is 2.32. The third-order valence-electron chi connectivity index (χ3n) is 5.36. The molecule has 1 saturated heterocycles. The maximum Gasteiger partial charge on any atom is 0.315 e. The molecule has 2 aromatic rings. The highest BCUT2D eigenvalue weighted by atomic mass is 16.5. The number of anilines is 1. The van der Waals surface area contributed by atoms with Gasteiger partial charge in [0.15, 0.2) is 0 Å². The van der Waals surface area contributed by atoms with Crippen LogP contribution in [0.5, 0.6) is 5.75 Å². The Morgan fingerprint density at radius 3 is 2.89 bits per heavy atom. The van der Waals surface area contributed by atoms with Crippen LogP contribution in [0.1, 0.15) is 22.7 Å². The molecule has 148 valence electrons. The highest BCUT2D eigenvalue weighted by molar-refractivity contribution is 5.75. The van der Waals surface area contributed by atoms with Gasteiger partial charge in [-0.3, -0.25) is 0 Å². The monoisotopic (exact) mass is 381 g/mol. The minimum Gasteiger partial charge on any atom is -0.491 e. The fourth-order valence-corrected chi connectivity index (χ4v) is 3.71. The number of ether oxygens (including phenoxy) is 1. The zero-order valence-electron chi connectivity index (χ0n) is 16.4. The first-order chi connectivity index (χ1) is 13.6. The van der Waals surface area contributed by atoms with E-state index >= 15 is 0 Å². The van der Waals surface area contributed by atoms with Crippen LogP contribution in [0.3, 0.4) is 0 Å². The van der Waals surface area contributed by atoms with Crippen molar-refractivity contribution in [2.75, 3.05) is 44.7 Å². The van der Waals surface area contributed by atoms with Gasteiger partial charge in [0.2, 0.25) is 0 Å². The predicted molar refractivity (Wildman–Crippen MR) is 109 cm³/mol. The summed E-state index contributed by atoms with van der Waals surface area (Å²) in [5.74, 6) is 1.81. The number of pyridine rings is 1. The van der Waals surface area contributed by atoms with Crippen LogP contribution in [-0.4, -0.2) is 55.7 Å². The molecule has 0 spiro atoms. The molecule has 3 heterocycles. The molecule has 7 heteroatoms. The Balaban J connectivity index is 1.37. The smallest absolute Gasteiger partial charge is 0.315 e. The van der Waals surface area contributed by atoms with Crippen molar-refractivity contribution >= 4 is 11.8 Å². The van der Waals surface area contributed by atoms with Gasteiger partial charge in [-0.15, -0.1) is 0 Å². The summed E-state index contributed by atoms with van der Waals surface area (Å²) in [7, 11) is 2.13. The lowest BCUT2D eigenvalue weighted by Crippen LogP contribution is -2.45. The number of rotatable bonds is 4. The van der Waals surface area contributed by atoms with E-state index in [9.17, 15) is 4.79 Å². The summed E-state index contributed by atoms with van der Waals surface area (Å²) < 4.78 is 5.67. The molecule has 2 aliphatic heterocycles. The number of nitrogens with zero attached hydrogens (tertiary/aromatic N) is 3. The molecule has 1 unspecified atom stereocenters. The van der Waals surface area contributed by atoms with Crippen molar-refractivity contribution in [2.24, 2.45) is 0 Å². The van der Waals surface area contributed by atoms with Gasteiger partial charge in [0.25, 0.3) is 0 Å². The second-order valence-electron chi connectivity index (χ2n) is 7.51. The van der Waals surface area contributed by atoms with Crippen LogP contribution in [0.4, 0.5) is 10.6 Å². The van der Waals surface area contributed by atoms with Gasteiger partial charge in [-0.25, -0.2) is 9.78 Å². The van der Waals surface area contributed by atoms with Crippen LogP contribution in [0.2, 0.25) is 0 Å². The number of likely N-dealkylation sites (N-methyl/N-ethyl adjacent to an activating group) is 1. The molecule has 1 atom stereocenters. The van der Waals surface area contributed by atoms with Crippen molar-refractivity contribution < 1.29 is 9.53 Å². The average molecular weight is 381 g/mol. The Hall–Kier alpha value is -2.80. The largest absolute Gasteiger partial charge is 0.491 e. The lowest BCUT2D eigenvalue weighted by Gasteiger charge is -2.34. The number of benzene rings is 1. The maximum absolute atomic E-state index is 12.5. The van der Waals surface area contributed by atoms with Crippen LogP contribution in [-0.2, 0) is 6.54 Å². The van der Waals surface area contributed by atoms with Crippen molar-refractivity contribution in [2.45, 2.75) is 19.5 Å². The average Bonchev–Trinajstić information content (AvgIpc) is 3.09. The van der Waals surface area contributed by atoms with Gasteiger partial charge in [-0.1, -0.05) is 23.8 Å². The number of piperazine rings is 1. The number of amides is 2. The van der Waals surface area contributed by atoms with E-state index in [0.29, 0.717) is 13.2 Å². The van der Waals surface area contributed by atoms with E-state index < -0.39 is 0 Å². The number of hydrogen-bond donors (Lipinski definition) is 2. The molecule has 28 heavy (non-hydrogen) atoms. The summed E-state index contributed by atoms with van der Waals surface area (Å²) in [6.45, 7) is 6.87. The molecule has 7 nitrogen and oxygen atoms in total. The normalized spacial score (nSPS) is 19.1. The molecule has 4 rings (SSSR count). The van der Waals surface area contributed by atoms with Crippen LogP contribution in [0.15, 0.2) is 36.5 Å². The summed E-state index contributed by atoms with van der Waals surface area (Å²) in [5.41, 5.74) is 3.22. The molecule has 1 fully saturated rings. The number of fused-ring (bicyclic) bond motifs is 1. The van der Waals surface area contributed by atoms with Crippen molar-refractivity contribution in [1.29, 1.82) is 0 Å². The Bertz CT molecular complexity index is 848. The summed E-state index contributed by atoms with van der Waals surface area (Å²) in [6, 6.07) is 9.67. The maximum atomic E-state index is 12.5. The summed E-state index contributed by atoms with van der Waals surface area (Å²) in [4.78, 5) is 21.6. The molecule has 0 bridgehead atoms. The van der Waals surface area contributed by atoms with Gasteiger partial charge in [0, 0.05) is 50.0 Å². The Kier molecular flexibility index (Phi) is 5.34. The van der Waals surface area contributed by atoms with Crippen LogP contribution >= 0.6 is 0 Å². The SMILES string of the molecule is Cc1ccc2c(c1)C(NC(=O)NCc1cccnc1N1CCN(C)CC1)CO2. The zero-order chi connectivity index (χ0) is 19.5. The number of nitrogens with one attached hydrogen (secondary N) is 2. The topological polar surface area (TPSA) is 69.7 Å². The molecule has 2 N–H and O–H groups in total. The van der Waals surface area contributed by atoms with E-state index in [1.165, 1.54) is 0 Å². The van der Waals surface area contributed by atoms with Gasteiger partial charge in [-0.2, -0.15) is 0 Å². The summed E-state index contributed by atoms with van der Waals surface area (Å²) in [5, 5.41) is 6.00. The summed E-state index contributed by atoms with van der Waals surface area (Å²) in [6.07, 6.45) is 1.81. The van der Waals surface area contributed by atoms with Gasteiger partial charge < -0.3 is 25.2 Å². The minimum atomic E-state index is -0.198. The quantitative estimate of drug-likeness (QED) is 0.849.